The minimum Gasteiger partial charge on any atom is -0.368 e. The quantitative estimate of drug-likeness (QED) is 0.754. The standard InChI is InChI=1S/C13H19N5/c1-13(2,16-12-15-11(14)17-18-12)9-8-10-6-4-3-5-7-10/h3-7H,8-9H2,1-2H3,(H4,14,15,16,17,18). The second-order valence-electron chi connectivity index (χ2n) is 5.04. The molecule has 1 aromatic heterocycles. The highest BCUT2D eigenvalue weighted by Crippen LogP contribution is 2.18. The van der Waals surface area contributed by atoms with Crippen LogP contribution in [0.1, 0.15) is 25.8 Å². The molecule has 0 spiro atoms. The monoisotopic (exact) mass is 245 g/mol. The van der Waals surface area contributed by atoms with Crippen LogP contribution in [0.4, 0.5) is 11.9 Å². The van der Waals surface area contributed by atoms with Gasteiger partial charge in [0.2, 0.25) is 11.9 Å². The maximum Gasteiger partial charge on any atom is 0.244 e. The van der Waals surface area contributed by atoms with Crippen molar-refractivity contribution in [2.75, 3.05) is 11.1 Å². The third-order valence-corrected chi connectivity index (χ3v) is 2.83. The number of hydrogen-bond acceptors (Lipinski definition) is 4. The van der Waals surface area contributed by atoms with Gasteiger partial charge in [0.05, 0.1) is 0 Å². The van der Waals surface area contributed by atoms with Gasteiger partial charge in [0.15, 0.2) is 0 Å². The SMILES string of the molecule is CC(C)(CCc1ccccc1)Nc1n[nH]c(N)n1. The summed E-state index contributed by atoms with van der Waals surface area (Å²) in [5.41, 5.74) is 6.75. The van der Waals surface area contributed by atoms with Crippen molar-refractivity contribution in [1.82, 2.24) is 15.2 Å². The highest BCUT2D eigenvalue weighted by atomic mass is 15.3. The van der Waals surface area contributed by atoms with Gasteiger partial charge in [-0.3, -0.25) is 0 Å². The minimum atomic E-state index is -0.0789. The second-order valence-corrected chi connectivity index (χ2v) is 5.04. The lowest BCUT2D eigenvalue weighted by Crippen LogP contribution is -2.32. The van der Waals surface area contributed by atoms with Gasteiger partial charge >= 0.3 is 0 Å². The molecule has 1 heterocycles. The van der Waals surface area contributed by atoms with Crippen LogP contribution < -0.4 is 11.1 Å². The molecule has 0 amide bonds. The summed E-state index contributed by atoms with van der Waals surface area (Å²) in [4.78, 5) is 4.05. The van der Waals surface area contributed by atoms with Crippen LogP contribution in [0.2, 0.25) is 0 Å². The summed E-state index contributed by atoms with van der Waals surface area (Å²) in [7, 11) is 0. The van der Waals surface area contributed by atoms with Gasteiger partial charge in [0.25, 0.3) is 0 Å². The van der Waals surface area contributed by atoms with Gasteiger partial charge in [-0.2, -0.15) is 4.98 Å². The van der Waals surface area contributed by atoms with Crippen LogP contribution in [0.5, 0.6) is 0 Å². The Bertz CT molecular complexity index is 489. The van der Waals surface area contributed by atoms with E-state index in [-0.39, 0.29) is 5.54 Å². The Hall–Kier alpha value is -2.04. The van der Waals surface area contributed by atoms with E-state index in [9.17, 15) is 0 Å². The number of H-pyrrole nitrogens is 1. The van der Waals surface area contributed by atoms with E-state index in [1.807, 2.05) is 6.07 Å². The molecule has 1 aromatic carbocycles. The van der Waals surface area contributed by atoms with E-state index in [1.54, 1.807) is 0 Å². The average molecular weight is 245 g/mol. The first kappa shape index (κ1) is 12.4. The van der Waals surface area contributed by atoms with Gasteiger partial charge in [-0.1, -0.05) is 30.3 Å². The molecular formula is C13H19N5. The van der Waals surface area contributed by atoms with E-state index in [1.165, 1.54) is 5.56 Å². The van der Waals surface area contributed by atoms with Crippen LogP contribution in [-0.4, -0.2) is 20.7 Å². The topological polar surface area (TPSA) is 79.6 Å². The molecule has 0 bridgehead atoms. The normalized spacial score (nSPS) is 11.4. The van der Waals surface area contributed by atoms with E-state index >= 15 is 0 Å². The first-order valence-electron chi connectivity index (χ1n) is 6.05. The molecule has 2 rings (SSSR count). The van der Waals surface area contributed by atoms with Crippen LogP contribution >= 0.6 is 0 Å². The second kappa shape index (κ2) is 5.08. The predicted molar refractivity (Wildman–Crippen MR) is 73.3 cm³/mol. The van der Waals surface area contributed by atoms with Crippen LogP contribution in [0, 0.1) is 0 Å². The Morgan fingerprint density at radius 2 is 2.00 bits per heavy atom. The number of aryl methyl sites for hydroxylation is 1. The van der Waals surface area contributed by atoms with E-state index in [0.717, 1.165) is 12.8 Å². The highest BCUT2D eigenvalue weighted by molar-refractivity contribution is 5.32. The van der Waals surface area contributed by atoms with Crippen LogP contribution in [0.3, 0.4) is 0 Å². The summed E-state index contributed by atoms with van der Waals surface area (Å²) in [6.45, 7) is 4.25. The number of anilines is 2. The number of benzene rings is 1. The van der Waals surface area contributed by atoms with Crippen molar-refractivity contribution in [1.29, 1.82) is 0 Å². The number of nitrogens with zero attached hydrogens (tertiary/aromatic N) is 2. The molecule has 0 radical (unpaired) electrons. The highest BCUT2D eigenvalue weighted by Gasteiger charge is 2.19. The van der Waals surface area contributed by atoms with Crippen molar-refractivity contribution in [2.24, 2.45) is 0 Å². The van der Waals surface area contributed by atoms with E-state index in [2.05, 4.69) is 58.6 Å². The largest absolute Gasteiger partial charge is 0.368 e. The van der Waals surface area contributed by atoms with Gasteiger partial charge < -0.3 is 11.1 Å². The lowest BCUT2D eigenvalue weighted by molar-refractivity contribution is 0.514. The Kier molecular flexibility index (Phi) is 3.50. The first-order chi connectivity index (χ1) is 8.55. The van der Waals surface area contributed by atoms with Crippen molar-refractivity contribution in [2.45, 2.75) is 32.2 Å². The molecule has 0 aliphatic heterocycles. The van der Waals surface area contributed by atoms with Crippen LogP contribution in [0.15, 0.2) is 30.3 Å². The van der Waals surface area contributed by atoms with Gasteiger partial charge in [-0.05, 0) is 32.3 Å². The summed E-state index contributed by atoms with van der Waals surface area (Å²) < 4.78 is 0. The number of nitrogens with two attached hydrogens (primary N) is 1. The molecule has 0 saturated heterocycles. The molecule has 0 aliphatic rings. The lowest BCUT2D eigenvalue weighted by atomic mass is 9.95. The fourth-order valence-electron chi connectivity index (χ4n) is 1.80. The molecule has 0 unspecified atom stereocenters. The number of aromatic amines is 1. The van der Waals surface area contributed by atoms with Gasteiger partial charge in [0, 0.05) is 5.54 Å². The zero-order chi connectivity index (χ0) is 13.0. The fraction of sp³-hybridized carbons (Fsp3) is 0.385. The van der Waals surface area contributed by atoms with Crippen molar-refractivity contribution in [3.05, 3.63) is 35.9 Å². The third kappa shape index (κ3) is 3.48. The van der Waals surface area contributed by atoms with Crippen LogP contribution in [0.25, 0.3) is 0 Å². The smallest absolute Gasteiger partial charge is 0.244 e. The summed E-state index contributed by atoms with van der Waals surface area (Å²) in [5.74, 6) is 0.877. The van der Waals surface area contributed by atoms with Crippen molar-refractivity contribution in [3.63, 3.8) is 0 Å². The fourth-order valence-corrected chi connectivity index (χ4v) is 1.80. The Balaban J connectivity index is 1.91. The van der Waals surface area contributed by atoms with Crippen molar-refractivity contribution in [3.8, 4) is 0 Å². The van der Waals surface area contributed by atoms with Crippen molar-refractivity contribution < 1.29 is 0 Å². The summed E-state index contributed by atoms with van der Waals surface area (Å²) in [5, 5.41) is 9.88. The Morgan fingerprint density at radius 3 is 2.61 bits per heavy atom. The lowest BCUT2D eigenvalue weighted by Gasteiger charge is -2.25. The maximum absolute atomic E-state index is 5.49. The number of rotatable bonds is 5. The van der Waals surface area contributed by atoms with E-state index < -0.39 is 0 Å². The predicted octanol–water partition coefficient (Wildman–Crippen LogP) is 2.21. The zero-order valence-electron chi connectivity index (χ0n) is 10.8. The number of hydrogen-bond donors (Lipinski definition) is 3. The molecule has 0 saturated carbocycles. The molecule has 5 heteroatoms. The molecule has 0 atom stereocenters. The molecule has 0 fully saturated rings. The van der Waals surface area contributed by atoms with E-state index in [0.29, 0.717) is 11.9 Å². The minimum absolute atomic E-state index is 0.0789. The molecular weight excluding hydrogens is 226 g/mol. The summed E-state index contributed by atoms with van der Waals surface area (Å²) in [6, 6.07) is 10.4. The third-order valence-electron chi connectivity index (χ3n) is 2.83. The number of aromatic nitrogens is 3. The molecule has 18 heavy (non-hydrogen) atoms. The first-order valence-corrected chi connectivity index (χ1v) is 6.05. The molecule has 5 nitrogen and oxygen atoms in total. The molecule has 96 valence electrons. The van der Waals surface area contributed by atoms with Gasteiger partial charge in [-0.25, -0.2) is 5.10 Å². The zero-order valence-corrected chi connectivity index (χ0v) is 10.8. The molecule has 0 aliphatic carbocycles. The molecule has 4 N–H and O–H groups in total. The van der Waals surface area contributed by atoms with Gasteiger partial charge in [0.1, 0.15) is 0 Å². The van der Waals surface area contributed by atoms with Crippen molar-refractivity contribution >= 4 is 11.9 Å². The number of nitrogens with one attached hydrogen (secondary N) is 2. The van der Waals surface area contributed by atoms with E-state index in [4.69, 9.17) is 5.73 Å². The maximum atomic E-state index is 5.49. The number of nitrogen functional groups attached to an aromatic ring is 1. The Morgan fingerprint density at radius 1 is 1.28 bits per heavy atom. The average Bonchev–Trinajstić information content (AvgIpc) is 2.73. The Labute approximate surface area is 107 Å². The summed E-state index contributed by atoms with van der Waals surface area (Å²) in [6.07, 6.45) is 2.01. The summed E-state index contributed by atoms with van der Waals surface area (Å²) >= 11 is 0. The van der Waals surface area contributed by atoms with Crippen LogP contribution in [-0.2, 0) is 6.42 Å². The molecule has 2 aromatic rings. The van der Waals surface area contributed by atoms with Gasteiger partial charge in [-0.15, -0.1) is 5.10 Å².